The van der Waals surface area contributed by atoms with Crippen LogP contribution in [0.4, 0.5) is 5.82 Å². The summed E-state index contributed by atoms with van der Waals surface area (Å²) in [6.45, 7) is 3.00. The molecule has 2 aromatic rings. The number of nitrogen functional groups attached to an aromatic ring is 1. The third-order valence-corrected chi connectivity index (χ3v) is 4.23. The summed E-state index contributed by atoms with van der Waals surface area (Å²) in [6.07, 6.45) is 3.95. The normalized spacial score (nSPS) is 23.4. The van der Waals surface area contributed by atoms with Crippen LogP contribution in [0.15, 0.2) is 12.5 Å². The van der Waals surface area contributed by atoms with Crippen molar-refractivity contribution >= 4 is 16.9 Å². The van der Waals surface area contributed by atoms with Gasteiger partial charge in [-0.1, -0.05) is 18.8 Å². The first-order chi connectivity index (χ1) is 11.7. The lowest BCUT2D eigenvalue weighted by Gasteiger charge is -2.22. The molecule has 1 aliphatic heterocycles. The molecule has 24 heavy (non-hydrogen) atoms. The fourth-order valence-electron chi connectivity index (χ4n) is 3.15. The molecule has 1 saturated heterocycles. The summed E-state index contributed by atoms with van der Waals surface area (Å²) < 4.78 is 18.8. The summed E-state index contributed by atoms with van der Waals surface area (Å²) in [6, 6.07) is -0.0240. The van der Waals surface area contributed by atoms with Crippen LogP contribution in [0.5, 0.6) is 0 Å². The smallest absolute Gasteiger partial charge is 0.147 e. The van der Waals surface area contributed by atoms with Crippen molar-refractivity contribution in [3.05, 3.63) is 18.1 Å². The van der Waals surface area contributed by atoms with Gasteiger partial charge in [-0.15, -0.1) is 0 Å². The van der Waals surface area contributed by atoms with Gasteiger partial charge < -0.3 is 24.5 Å². The van der Waals surface area contributed by atoms with Crippen molar-refractivity contribution in [2.45, 2.75) is 31.6 Å². The van der Waals surface area contributed by atoms with Gasteiger partial charge >= 0.3 is 0 Å². The molecule has 3 rings (SSSR count). The minimum absolute atomic E-state index is 0.0240. The topological polar surface area (TPSA) is 84.4 Å². The van der Waals surface area contributed by atoms with E-state index in [-0.39, 0.29) is 18.2 Å². The van der Waals surface area contributed by atoms with Gasteiger partial charge in [0.15, 0.2) is 0 Å². The van der Waals surface area contributed by atoms with E-state index in [1.807, 2.05) is 17.7 Å². The van der Waals surface area contributed by atoms with E-state index < -0.39 is 0 Å². The lowest BCUT2D eigenvalue weighted by Crippen LogP contribution is -2.33. The molecule has 7 nitrogen and oxygen atoms in total. The number of aromatic nitrogens is 3. The maximum absolute atomic E-state index is 6.07. The number of anilines is 1. The first kappa shape index (κ1) is 16.7. The Bertz CT molecular complexity index is 777. The molecule has 3 atom stereocenters. The van der Waals surface area contributed by atoms with Gasteiger partial charge in [0.2, 0.25) is 0 Å². The molecule has 2 aromatic heterocycles. The Balaban J connectivity index is 2.08. The van der Waals surface area contributed by atoms with Crippen molar-refractivity contribution in [3.8, 4) is 11.8 Å². The molecular formula is C17H22N4O3. The lowest BCUT2D eigenvalue weighted by atomic mass is 10.1. The van der Waals surface area contributed by atoms with Crippen LogP contribution in [0.3, 0.4) is 0 Å². The van der Waals surface area contributed by atoms with Crippen molar-refractivity contribution in [1.82, 2.24) is 14.5 Å². The number of nitrogens with zero attached hydrogens (tertiary/aromatic N) is 3. The second-order valence-corrected chi connectivity index (χ2v) is 5.66. The molecule has 0 saturated carbocycles. The number of rotatable bonds is 4. The molecule has 1 aliphatic rings. The molecule has 0 spiro atoms. The number of hydrogen-bond donors (Lipinski definition) is 1. The predicted octanol–water partition coefficient (Wildman–Crippen LogP) is 1.38. The molecule has 0 aliphatic carbocycles. The van der Waals surface area contributed by atoms with E-state index in [0.29, 0.717) is 19.0 Å². The van der Waals surface area contributed by atoms with Crippen molar-refractivity contribution in [1.29, 1.82) is 0 Å². The van der Waals surface area contributed by atoms with Gasteiger partial charge in [0.25, 0.3) is 0 Å². The summed E-state index contributed by atoms with van der Waals surface area (Å²) in [5.41, 5.74) is 7.64. The zero-order chi connectivity index (χ0) is 17.1. The highest BCUT2D eigenvalue weighted by Crippen LogP contribution is 2.33. The van der Waals surface area contributed by atoms with E-state index >= 15 is 0 Å². The van der Waals surface area contributed by atoms with E-state index in [2.05, 4.69) is 21.8 Å². The van der Waals surface area contributed by atoms with Crippen LogP contribution in [-0.4, -0.2) is 54.2 Å². The van der Waals surface area contributed by atoms with Gasteiger partial charge in [-0.2, -0.15) is 0 Å². The number of ether oxygens (including phenoxy) is 3. The second-order valence-electron chi connectivity index (χ2n) is 5.66. The summed E-state index contributed by atoms with van der Waals surface area (Å²) >= 11 is 0. The Hall–Kier alpha value is -2.14. The maximum Gasteiger partial charge on any atom is 0.147 e. The average Bonchev–Trinajstić information content (AvgIpc) is 3.15. The highest BCUT2D eigenvalue weighted by atomic mass is 16.6. The van der Waals surface area contributed by atoms with Crippen molar-refractivity contribution < 1.29 is 14.2 Å². The monoisotopic (exact) mass is 330 g/mol. The van der Waals surface area contributed by atoms with Gasteiger partial charge in [-0.25, -0.2) is 9.97 Å². The SMILES string of the molecule is CCC#Cc1cn(C2COC(COC)C2OC)c2ncnc(N)c12. The lowest BCUT2D eigenvalue weighted by molar-refractivity contribution is -0.0292. The molecule has 128 valence electrons. The third-order valence-electron chi connectivity index (χ3n) is 4.23. The van der Waals surface area contributed by atoms with Crippen LogP contribution in [-0.2, 0) is 14.2 Å². The first-order valence-electron chi connectivity index (χ1n) is 7.94. The molecule has 0 radical (unpaired) electrons. The molecule has 3 unspecified atom stereocenters. The van der Waals surface area contributed by atoms with Crippen LogP contribution in [0, 0.1) is 11.8 Å². The van der Waals surface area contributed by atoms with Crippen LogP contribution in [0.2, 0.25) is 0 Å². The van der Waals surface area contributed by atoms with Gasteiger partial charge in [0, 0.05) is 26.8 Å². The Morgan fingerprint density at radius 2 is 2.25 bits per heavy atom. The number of fused-ring (bicyclic) bond motifs is 1. The van der Waals surface area contributed by atoms with Crippen molar-refractivity contribution in [2.75, 3.05) is 33.2 Å². The van der Waals surface area contributed by atoms with Crippen LogP contribution < -0.4 is 5.73 Å². The van der Waals surface area contributed by atoms with Gasteiger partial charge in [-0.05, 0) is 0 Å². The summed E-state index contributed by atoms with van der Waals surface area (Å²) in [5, 5.41) is 0.781. The van der Waals surface area contributed by atoms with Gasteiger partial charge in [0.05, 0.1) is 30.2 Å². The fraction of sp³-hybridized carbons (Fsp3) is 0.529. The molecule has 7 heteroatoms. The Morgan fingerprint density at radius 3 is 2.96 bits per heavy atom. The standard InChI is InChI=1S/C17H22N4O3/c1-4-5-6-11-7-21(17-14(11)16(18)19-10-20-17)12-8-24-13(9-22-2)15(12)23-3/h7,10,12-13,15H,4,8-9H2,1-3H3,(H2,18,19,20). The molecule has 3 heterocycles. The van der Waals surface area contributed by atoms with Crippen LogP contribution in [0.1, 0.15) is 24.9 Å². The largest absolute Gasteiger partial charge is 0.383 e. The van der Waals surface area contributed by atoms with E-state index in [9.17, 15) is 0 Å². The maximum atomic E-state index is 6.07. The van der Waals surface area contributed by atoms with Crippen LogP contribution >= 0.6 is 0 Å². The minimum Gasteiger partial charge on any atom is -0.383 e. The summed E-state index contributed by atoms with van der Waals surface area (Å²) in [7, 11) is 3.34. The van der Waals surface area contributed by atoms with Gasteiger partial charge in [0.1, 0.15) is 30.0 Å². The Kier molecular flexibility index (Phi) is 5.00. The number of methoxy groups -OCH3 is 2. The van der Waals surface area contributed by atoms with Gasteiger partial charge in [-0.3, -0.25) is 0 Å². The quantitative estimate of drug-likeness (QED) is 0.853. The summed E-state index contributed by atoms with van der Waals surface area (Å²) in [4.78, 5) is 8.52. The zero-order valence-electron chi connectivity index (χ0n) is 14.2. The third kappa shape index (κ3) is 2.84. The van der Waals surface area contributed by atoms with E-state index in [4.69, 9.17) is 19.9 Å². The van der Waals surface area contributed by atoms with Crippen LogP contribution in [0.25, 0.3) is 11.0 Å². The first-order valence-corrected chi connectivity index (χ1v) is 7.94. The molecule has 0 bridgehead atoms. The highest BCUT2D eigenvalue weighted by molar-refractivity contribution is 5.92. The molecule has 0 amide bonds. The fourth-order valence-corrected chi connectivity index (χ4v) is 3.15. The molecule has 1 fully saturated rings. The summed E-state index contributed by atoms with van der Waals surface area (Å²) in [5.74, 6) is 6.67. The van der Waals surface area contributed by atoms with E-state index in [1.54, 1.807) is 14.2 Å². The second kappa shape index (κ2) is 7.18. The van der Waals surface area contributed by atoms with E-state index in [1.165, 1.54) is 6.33 Å². The highest BCUT2D eigenvalue weighted by Gasteiger charge is 2.39. The molecule has 2 N–H and O–H groups in total. The Labute approximate surface area is 141 Å². The van der Waals surface area contributed by atoms with Crippen molar-refractivity contribution in [2.24, 2.45) is 0 Å². The molecule has 0 aromatic carbocycles. The number of hydrogen-bond acceptors (Lipinski definition) is 6. The van der Waals surface area contributed by atoms with Crippen molar-refractivity contribution in [3.63, 3.8) is 0 Å². The number of nitrogens with two attached hydrogens (primary N) is 1. The minimum atomic E-state index is -0.135. The Morgan fingerprint density at radius 1 is 1.42 bits per heavy atom. The molecular weight excluding hydrogens is 308 g/mol. The van der Waals surface area contributed by atoms with E-state index in [0.717, 1.165) is 23.0 Å². The predicted molar refractivity (Wildman–Crippen MR) is 90.6 cm³/mol. The zero-order valence-corrected chi connectivity index (χ0v) is 14.2. The average molecular weight is 330 g/mol.